The number of aryl methyl sites for hydroxylation is 1. The maximum absolute atomic E-state index is 12.9. The maximum atomic E-state index is 12.9. The molecule has 0 bridgehead atoms. The Kier molecular flexibility index (Phi) is 7.18. The molecule has 1 heterocycles. The largest absolute Gasteiger partial charge is 0.494 e. The third-order valence-corrected chi connectivity index (χ3v) is 5.04. The van der Waals surface area contributed by atoms with E-state index in [0.29, 0.717) is 24.4 Å². The molecule has 1 aliphatic heterocycles. The zero-order valence-corrected chi connectivity index (χ0v) is 18.4. The predicted molar refractivity (Wildman–Crippen MR) is 120 cm³/mol. The van der Waals surface area contributed by atoms with Gasteiger partial charge < -0.3 is 25.0 Å². The van der Waals surface area contributed by atoms with Gasteiger partial charge in [-0.3, -0.25) is 0 Å². The second-order valence-corrected chi connectivity index (χ2v) is 7.34. The number of carbonyl (C=O) groups is 2. The van der Waals surface area contributed by atoms with Crippen LogP contribution in [0.1, 0.15) is 31.0 Å². The first-order valence-electron chi connectivity index (χ1n) is 10.4. The van der Waals surface area contributed by atoms with Crippen LogP contribution in [0.5, 0.6) is 5.75 Å². The Morgan fingerprint density at radius 2 is 1.71 bits per heavy atom. The lowest BCUT2D eigenvalue weighted by atomic mass is 9.94. The van der Waals surface area contributed by atoms with Crippen LogP contribution >= 0.6 is 0 Å². The molecular weight excluding hydrogens is 394 g/mol. The van der Waals surface area contributed by atoms with Gasteiger partial charge in [-0.15, -0.1) is 0 Å². The number of amides is 2. The summed E-state index contributed by atoms with van der Waals surface area (Å²) >= 11 is 0. The molecule has 0 saturated carbocycles. The topological polar surface area (TPSA) is 79.9 Å². The molecule has 0 fully saturated rings. The zero-order valence-electron chi connectivity index (χ0n) is 18.4. The summed E-state index contributed by atoms with van der Waals surface area (Å²) in [6.07, 6.45) is 0. The molecule has 31 heavy (non-hydrogen) atoms. The van der Waals surface area contributed by atoms with Gasteiger partial charge in [0.15, 0.2) is 0 Å². The number of likely N-dealkylation sites (N-methyl/N-ethyl adjacent to an activating group) is 1. The Labute approximate surface area is 183 Å². The van der Waals surface area contributed by atoms with Crippen LogP contribution in [0.2, 0.25) is 0 Å². The molecule has 0 aliphatic carbocycles. The Hall–Kier alpha value is -3.48. The fourth-order valence-electron chi connectivity index (χ4n) is 3.49. The van der Waals surface area contributed by atoms with Crippen LogP contribution < -0.4 is 20.3 Å². The van der Waals surface area contributed by atoms with Crippen molar-refractivity contribution in [1.29, 1.82) is 0 Å². The van der Waals surface area contributed by atoms with Crippen LogP contribution in [0.3, 0.4) is 0 Å². The minimum Gasteiger partial charge on any atom is -0.494 e. The number of carbonyl (C=O) groups excluding carboxylic acids is 2. The van der Waals surface area contributed by atoms with Crippen molar-refractivity contribution in [1.82, 2.24) is 10.6 Å². The summed E-state index contributed by atoms with van der Waals surface area (Å²) in [6.45, 7) is 6.87. The summed E-state index contributed by atoms with van der Waals surface area (Å²) in [4.78, 5) is 27.3. The van der Waals surface area contributed by atoms with Crippen molar-refractivity contribution in [3.63, 3.8) is 0 Å². The van der Waals surface area contributed by atoms with Crippen LogP contribution in [-0.2, 0) is 9.53 Å². The standard InChI is InChI=1S/C24H29N3O4/c1-5-30-19-13-11-18(12-14-19)27(4)15-20-21(23(28)31-6-2)22(26-24(29)25-20)17-9-7-16(3)8-10-17/h7-14,22H,5-6,15H2,1-4H3,(H2,25,26,29)/t22-/m1/s1. The highest BCUT2D eigenvalue weighted by molar-refractivity contribution is 5.95. The quantitative estimate of drug-likeness (QED) is 0.633. The molecule has 1 aliphatic rings. The number of ether oxygens (including phenoxy) is 2. The first-order chi connectivity index (χ1) is 14.9. The van der Waals surface area contributed by atoms with E-state index in [0.717, 1.165) is 22.6 Å². The van der Waals surface area contributed by atoms with E-state index in [1.54, 1.807) is 6.92 Å². The molecular formula is C24H29N3O4. The van der Waals surface area contributed by atoms with Gasteiger partial charge in [-0.1, -0.05) is 29.8 Å². The molecule has 0 radical (unpaired) electrons. The molecule has 2 N–H and O–H groups in total. The maximum Gasteiger partial charge on any atom is 0.338 e. The van der Waals surface area contributed by atoms with Crippen LogP contribution in [0.25, 0.3) is 0 Å². The van der Waals surface area contributed by atoms with Gasteiger partial charge in [0, 0.05) is 12.7 Å². The number of nitrogens with zero attached hydrogens (tertiary/aromatic N) is 1. The van der Waals surface area contributed by atoms with Crippen molar-refractivity contribution in [2.45, 2.75) is 26.8 Å². The first kappa shape index (κ1) is 22.2. The van der Waals surface area contributed by atoms with E-state index in [2.05, 4.69) is 10.6 Å². The summed E-state index contributed by atoms with van der Waals surface area (Å²) in [6, 6.07) is 14.5. The number of anilines is 1. The smallest absolute Gasteiger partial charge is 0.338 e. The molecule has 3 rings (SSSR count). The van der Waals surface area contributed by atoms with E-state index in [4.69, 9.17) is 9.47 Å². The van der Waals surface area contributed by atoms with Crippen LogP contribution in [0.15, 0.2) is 59.8 Å². The highest BCUT2D eigenvalue weighted by Crippen LogP contribution is 2.29. The minimum atomic E-state index is -0.586. The van der Waals surface area contributed by atoms with Gasteiger partial charge in [0.05, 0.1) is 37.1 Å². The van der Waals surface area contributed by atoms with E-state index in [9.17, 15) is 9.59 Å². The van der Waals surface area contributed by atoms with Gasteiger partial charge in [-0.05, 0) is 50.6 Å². The van der Waals surface area contributed by atoms with E-state index >= 15 is 0 Å². The van der Waals surface area contributed by atoms with Crippen LogP contribution in [0, 0.1) is 6.92 Å². The third-order valence-electron chi connectivity index (χ3n) is 5.04. The fourth-order valence-corrected chi connectivity index (χ4v) is 3.49. The molecule has 0 spiro atoms. The monoisotopic (exact) mass is 423 g/mol. The van der Waals surface area contributed by atoms with Crippen LogP contribution in [-0.4, -0.2) is 38.8 Å². The van der Waals surface area contributed by atoms with Crippen molar-refractivity contribution < 1.29 is 19.1 Å². The molecule has 7 heteroatoms. The summed E-state index contributed by atoms with van der Waals surface area (Å²) in [7, 11) is 1.90. The average Bonchev–Trinajstić information content (AvgIpc) is 2.74. The van der Waals surface area contributed by atoms with Crippen molar-refractivity contribution >= 4 is 17.7 Å². The van der Waals surface area contributed by atoms with Crippen molar-refractivity contribution in [2.24, 2.45) is 0 Å². The average molecular weight is 424 g/mol. The Morgan fingerprint density at radius 3 is 2.32 bits per heavy atom. The summed E-state index contributed by atoms with van der Waals surface area (Å²) in [5, 5.41) is 5.67. The third kappa shape index (κ3) is 5.36. The van der Waals surface area contributed by atoms with Crippen molar-refractivity contribution in [2.75, 3.05) is 31.7 Å². The Balaban J connectivity index is 1.95. The second kappa shape index (κ2) is 10.0. The number of nitrogens with one attached hydrogen (secondary N) is 2. The molecule has 0 unspecified atom stereocenters. The van der Waals surface area contributed by atoms with E-state index < -0.39 is 12.0 Å². The lowest BCUT2D eigenvalue weighted by molar-refractivity contribution is -0.139. The SMILES string of the molecule is CCOC(=O)C1=C(CN(C)c2ccc(OCC)cc2)NC(=O)N[C@@H]1c1ccc(C)cc1. The van der Waals surface area contributed by atoms with E-state index in [1.807, 2.05) is 74.3 Å². The number of urea groups is 1. The second-order valence-electron chi connectivity index (χ2n) is 7.34. The molecule has 164 valence electrons. The van der Waals surface area contributed by atoms with Gasteiger partial charge >= 0.3 is 12.0 Å². The van der Waals surface area contributed by atoms with Crippen LogP contribution in [0.4, 0.5) is 10.5 Å². The first-order valence-corrected chi connectivity index (χ1v) is 10.4. The molecule has 2 amide bonds. The molecule has 0 saturated heterocycles. The minimum absolute atomic E-state index is 0.249. The molecule has 7 nitrogen and oxygen atoms in total. The number of benzene rings is 2. The predicted octanol–water partition coefficient (Wildman–Crippen LogP) is 3.70. The molecule has 0 aromatic heterocycles. The van der Waals surface area contributed by atoms with Gasteiger partial charge in [0.1, 0.15) is 5.75 Å². The summed E-state index contributed by atoms with van der Waals surface area (Å²) < 4.78 is 10.8. The summed E-state index contributed by atoms with van der Waals surface area (Å²) in [5.74, 6) is 0.344. The Bertz CT molecular complexity index is 952. The number of hydrogen-bond acceptors (Lipinski definition) is 5. The number of rotatable bonds is 8. The van der Waals surface area contributed by atoms with Crippen molar-refractivity contribution in [3.8, 4) is 5.75 Å². The highest BCUT2D eigenvalue weighted by Gasteiger charge is 2.34. The Morgan fingerprint density at radius 1 is 1.03 bits per heavy atom. The lowest BCUT2D eigenvalue weighted by Crippen LogP contribution is -2.48. The van der Waals surface area contributed by atoms with E-state index in [-0.39, 0.29) is 12.6 Å². The molecule has 2 aromatic rings. The highest BCUT2D eigenvalue weighted by atomic mass is 16.5. The van der Waals surface area contributed by atoms with Gasteiger partial charge in [-0.25, -0.2) is 9.59 Å². The van der Waals surface area contributed by atoms with Crippen molar-refractivity contribution in [3.05, 3.63) is 70.9 Å². The fraction of sp³-hybridized carbons (Fsp3) is 0.333. The number of esters is 1. The molecule has 2 aromatic carbocycles. The molecule has 1 atom stereocenters. The summed E-state index contributed by atoms with van der Waals surface area (Å²) in [5.41, 5.74) is 3.77. The lowest BCUT2D eigenvalue weighted by Gasteiger charge is -2.31. The van der Waals surface area contributed by atoms with Gasteiger partial charge in [0.25, 0.3) is 0 Å². The van der Waals surface area contributed by atoms with Gasteiger partial charge in [0.2, 0.25) is 0 Å². The number of hydrogen-bond donors (Lipinski definition) is 2. The van der Waals surface area contributed by atoms with E-state index in [1.165, 1.54) is 0 Å². The van der Waals surface area contributed by atoms with Gasteiger partial charge in [-0.2, -0.15) is 0 Å². The normalized spacial score (nSPS) is 15.7. The zero-order chi connectivity index (χ0) is 22.4.